The van der Waals surface area contributed by atoms with Gasteiger partial charge >= 0.3 is 18.4 Å². The number of nitrogens with zero attached hydrogens (tertiary/aromatic N) is 1. The second-order valence-electron chi connectivity index (χ2n) is 9.98. The number of amides is 1. The molecule has 5 nitrogen and oxygen atoms in total. The molecular formula is C27H29F6NO4. The molecule has 1 N–H and O–H groups in total. The molecule has 0 bridgehead atoms. The van der Waals surface area contributed by atoms with Crippen LogP contribution in [0.25, 0.3) is 0 Å². The molecule has 0 spiro atoms. The van der Waals surface area contributed by atoms with Gasteiger partial charge in [-0.1, -0.05) is 24.3 Å². The average molecular weight is 546 g/mol. The predicted molar refractivity (Wildman–Crippen MR) is 125 cm³/mol. The van der Waals surface area contributed by atoms with Crippen molar-refractivity contribution in [2.45, 2.75) is 63.4 Å². The highest BCUT2D eigenvalue weighted by molar-refractivity contribution is 5.68. The summed E-state index contributed by atoms with van der Waals surface area (Å²) in [6, 6.07) is 8.94. The maximum atomic E-state index is 13.4. The maximum absolute atomic E-state index is 13.4. The zero-order valence-electron chi connectivity index (χ0n) is 21.0. The van der Waals surface area contributed by atoms with Crippen molar-refractivity contribution in [1.29, 1.82) is 0 Å². The van der Waals surface area contributed by atoms with Gasteiger partial charge in [0.2, 0.25) is 0 Å². The fourth-order valence-corrected chi connectivity index (χ4v) is 5.88. The summed E-state index contributed by atoms with van der Waals surface area (Å²) in [5.74, 6) is -0.919. The summed E-state index contributed by atoms with van der Waals surface area (Å²) in [5, 5.41) is 10.9. The Kier molecular flexibility index (Phi) is 7.73. The fraction of sp³-hybridized carbons (Fsp3) is 0.519. The highest BCUT2D eigenvalue weighted by Gasteiger charge is 2.52. The molecule has 1 amide bonds. The fourth-order valence-electron chi connectivity index (χ4n) is 5.88. The van der Waals surface area contributed by atoms with Crippen LogP contribution in [0.2, 0.25) is 0 Å². The minimum atomic E-state index is -4.96. The quantitative estimate of drug-likeness (QED) is 0.435. The van der Waals surface area contributed by atoms with Crippen LogP contribution in [0.5, 0.6) is 0 Å². The first-order valence-electron chi connectivity index (χ1n) is 12.3. The molecule has 1 heterocycles. The molecule has 2 aliphatic rings. The first-order chi connectivity index (χ1) is 17.7. The Morgan fingerprint density at radius 3 is 2.16 bits per heavy atom. The van der Waals surface area contributed by atoms with Crippen molar-refractivity contribution in [3.05, 3.63) is 70.3 Å². The number of hydrogen-bond acceptors (Lipinski definition) is 4. The number of carbonyl (C=O) groups is 1. The number of aliphatic hydroxyl groups is 1. The summed E-state index contributed by atoms with van der Waals surface area (Å²) in [4.78, 5) is 13.5. The first-order valence-corrected chi connectivity index (χ1v) is 12.3. The number of aryl methyl sites for hydroxylation is 1. The van der Waals surface area contributed by atoms with Crippen LogP contribution in [0, 0.1) is 18.8 Å². The van der Waals surface area contributed by atoms with E-state index in [9.17, 15) is 36.2 Å². The summed E-state index contributed by atoms with van der Waals surface area (Å²) >= 11 is 0. The molecule has 1 saturated heterocycles. The third-order valence-electron chi connectivity index (χ3n) is 7.72. The first kappa shape index (κ1) is 28.2. The highest BCUT2D eigenvalue weighted by Crippen LogP contribution is 2.50. The summed E-state index contributed by atoms with van der Waals surface area (Å²) in [6.45, 7) is 3.50. The molecule has 208 valence electrons. The lowest BCUT2D eigenvalue weighted by Crippen LogP contribution is -2.40. The van der Waals surface area contributed by atoms with E-state index in [4.69, 9.17) is 9.47 Å². The molecule has 1 saturated carbocycles. The van der Waals surface area contributed by atoms with Crippen molar-refractivity contribution in [3.63, 3.8) is 0 Å². The third-order valence-corrected chi connectivity index (χ3v) is 7.72. The van der Waals surface area contributed by atoms with E-state index in [-0.39, 0.29) is 35.9 Å². The van der Waals surface area contributed by atoms with Gasteiger partial charge in [-0.15, -0.1) is 0 Å². The van der Waals surface area contributed by atoms with E-state index in [0.29, 0.717) is 25.0 Å². The van der Waals surface area contributed by atoms with Crippen LogP contribution in [0.1, 0.15) is 59.6 Å². The molecule has 1 unspecified atom stereocenters. The van der Waals surface area contributed by atoms with E-state index < -0.39 is 48.0 Å². The Hall–Kier alpha value is -2.79. The van der Waals surface area contributed by atoms with E-state index in [2.05, 4.69) is 0 Å². The van der Waals surface area contributed by atoms with E-state index in [1.807, 2.05) is 31.2 Å². The van der Waals surface area contributed by atoms with Crippen LogP contribution in [0.4, 0.5) is 31.1 Å². The molecular weight excluding hydrogens is 516 g/mol. The topological polar surface area (TPSA) is 59.0 Å². The largest absolute Gasteiger partial charge is 0.453 e. The Morgan fingerprint density at radius 2 is 1.61 bits per heavy atom. The smallest absolute Gasteiger partial charge is 0.416 e. The van der Waals surface area contributed by atoms with Gasteiger partial charge in [-0.25, -0.2) is 4.79 Å². The second kappa shape index (κ2) is 10.4. The number of ether oxygens (including phenoxy) is 2. The van der Waals surface area contributed by atoms with E-state index in [0.717, 1.165) is 11.1 Å². The van der Waals surface area contributed by atoms with Gasteiger partial charge in [-0.05, 0) is 67.5 Å². The Morgan fingerprint density at radius 1 is 1.00 bits per heavy atom. The maximum Gasteiger partial charge on any atom is 0.416 e. The van der Waals surface area contributed by atoms with Crippen molar-refractivity contribution in [2.24, 2.45) is 11.8 Å². The van der Waals surface area contributed by atoms with Crippen LogP contribution in [0.3, 0.4) is 0 Å². The van der Waals surface area contributed by atoms with Gasteiger partial charge in [0.05, 0.1) is 30.4 Å². The number of methoxy groups -OCH3 is 1. The van der Waals surface area contributed by atoms with E-state index >= 15 is 0 Å². The van der Waals surface area contributed by atoms with Crippen LogP contribution in [0.15, 0.2) is 42.5 Å². The van der Waals surface area contributed by atoms with Crippen LogP contribution >= 0.6 is 0 Å². The lowest BCUT2D eigenvalue weighted by Gasteiger charge is -2.41. The highest BCUT2D eigenvalue weighted by atomic mass is 19.4. The predicted octanol–water partition coefficient (Wildman–Crippen LogP) is 6.69. The zero-order valence-corrected chi connectivity index (χ0v) is 21.0. The molecule has 2 aromatic carbocycles. The Bertz CT molecular complexity index is 1130. The number of benzene rings is 2. The summed E-state index contributed by atoms with van der Waals surface area (Å²) < 4.78 is 91.6. The number of aliphatic hydroxyl groups excluding tert-OH is 1. The van der Waals surface area contributed by atoms with Crippen molar-refractivity contribution in [2.75, 3.05) is 13.7 Å². The van der Waals surface area contributed by atoms with Crippen molar-refractivity contribution in [1.82, 2.24) is 4.90 Å². The second-order valence-corrected chi connectivity index (χ2v) is 9.98. The lowest BCUT2D eigenvalue weighted by molar-refractivity contribution is -0.143. The number of rotatable bonds is 4. The van der Waals surface area contributed by atoms with Crippen molar-refractivity contribution >= 4 is 6.09 Å². The number of likely N-dealkylation sites (tertiary alicyclic amines) is 1. The van der Waals surface area contributed by atoms with Gasteiger partial charge in [0.25, 0.3) is 0 Å². The molecule has 0 radical (unpaired) electrons. The Balaban J connectivity index is 1.70. The SMILES string of the molecule is COC(=O)N1C[C@H]2[C@H](c3ccccc3C)[C@@H](O[C@H](C)c3cc(C(F)(F)F)cc(C(F)(F)F)c3)CC[C@@H]2C1O. The number of alkyl halides is 6. The van der Waals surface area contributed by atoms with E-state index in [1.165, 1.54) is 18.9 Å². The number of halogens is 6. The zero-order chi connectivity index (χ0) is 28.0. The molecule has 1 aliphatic heterocycles. The summed E-state index contributed by atoms with van der Waals surface area (Å²) in [5.41, 5.74) is -1.23. The minimum absolute atomic E-state index is 0.0961. The number of fused-ring (bicyclic) bond motifs is 1. The molecule has 1 aliphatic carbocycles. The molecule has 2 fully saturated rings. The molecule has 6 atom stereocenters. The standard InChI is InChI=1S/C27H29F6NO4/c1-14-6-4-5-7-19(14)23-21-13-34(25(36)37-3)24(35)20(21)8-9-22(23)38-15(2)16-10-17(26(28,29)30)12-18(11-16)27(31,32)33/h4-7,10-12,15,20-24,35H,8-9,13H2,1-3H3/t15-,20+,21-,22+,23+,24?/m1/s1. The van der Waals surface area contributed by atoms with Crippen LogP contribution in [-0.4, -0.2) is 42.1 Å². The van der Waals surface area contributed by atoms with Crippen LogP contribution < -0.4 is 0 Å². The minimum Gasteiger partial charge on any atom is -0.453 e. The van der Waals surface area contributed by atoms with Gasteiger partial charge in [0.1, 0.15) is 6.23 Å². The van der Waals surface area contributed by atoms with E-state index in [1.54, 1.807) is 0 Å². The van der Waals surface area contributed by atoms with Gasteiger partial charge < -0.3 is 14.6 Å². The molecule has 4 rings (SSSR count). The summed E-state index contributed by atoms with van der Waals surface area (Å²) in [7, 11) is 1.22. The van der Waals surface area contributed by atoms with Crippen molar-refractivity contribution in [3.8, 4) is 0 Å². The third kappa shape index (κ3) is 5.49. The summed E-state index contributed by atoms with van der Waals surface area (Å²) in [6.07, 6.45) is -12.5. The van der Waals surface area contributed by atoms with Gasteiger partial charge in [-0.2, -0.15) is 26.3 Å². The van der Waals surface area contributed by atoms with Gasteiger partial charge in [0, 0.05) is 18.4 Å². The molecule has 38 heavy (non-hydrogen) atoms. The van der Waals surface area contributed by atoms with Gasteiger partial charge in [-0.3, -0.25) is 4.90 Å². The molecule has 0 aromatic heterocycles. The van der Waals surface area contributed by atoms with Crippen LogP contribution in [-0.2, 0) is 21.8 Å². The molecule has 2 aromatic rings. The normalized spacial score (nSPS) is 26.7. The number of carbonyl (C=O) groups excluding carboxylic acids is 1. The molecule has 11 heteroatoms. The Labute approximate surface area is 216 Å². The number of hydrogen-bond donors (Lipinski definition) is 1. The average Bonchev–Trinajstić information content (AvgIpc) is 3.19. The lowest BCUT2D eigenvalue weighted by atomic mass is 9.68. The monoisotopic (exact) mass is 545 g/mol. The van der Waals surface area contributed by atoms with Gasteiger partial charge in [0.15, 0.2) is 0 Å². The van der Waals surface area contributed by atoms with Crippen molar-refractivity contribution < 1.29 is 45.7 Å².